The van der Waals surface area contributed by atoms with Crippen molar-refractivity contribution in [3.8, 4) is 0 Å². The fourth-order valence-corrected chi connectivity index (χ4v) is 3.22. The van der Waals surface area contributed by atoms with Crippen molar-refractivity contribution in [1.82, 2.24) is 0 Å². The highest BCUT2D eigenvalue weighted by Crippen LogP contribution is 2.44. The van der Waals surface area contributed by atoms with Crippen molar-refractivity contribution in [3.63, 3.8) is 0 Å². The molecular formula is C11H11BrCl2O. The van der Waals surface area contributed by atoms with Crippen LogP contribution < -0.4 is 0 Å². The summed E-state index contributed by atoms with van der Waals surface area (Å²) in [7, 11) is 0. The Hall–Kier alpha value is 0.240. The van der Waals surface area contributed by atoms with Crippen LogP contribution >= 0.6 is 39.1 Å². The molecule has 2 rings (SSSR count). The van der Waals surface area contributed by atoms with Crippen LogP contribution in [0, 0.1) is 0 Å². The number of hydrogen-bond donors (Lipinski definition) is 1. The van der Waals surface area contributed by atoms with E-state index in [-0.39, 0.29) is 0 Å². The smallest absolute Gasteiger partial charge is 0.0911 e. The first-order valence-corrected chi connectivity index (χ1v) is 6.45. The molecule has 1 aromatic rings. The molecule has 1 aliphatic rings. The van der Waals surface area contributed by atoms with Gasteiger partial charge in [-0.25, -0.2) is 0 Å². The lowest BCUT2D eigenvalue weighted by Crippen LogP contribution is -2.21. The summed E-state index contributed by atoms with van der Waals surface area (Å²) in [4.78, 5) is 0. The second kappa shape index (κ2) is 4.25. The van der Waals surface area contributed by atoms with E-state index in [2.05, 4.69) is 15.9 Å². The van der Waals surface area contributed by atoms with E-state index in [0.29, 0.717) is 10.0 Å². The van der Waals surface area contributed by atoms with E-state index in [1.165, 1.54) is 0 Å². The summed E-state index contributed by atoms with van der Waals surface area (Å²) in [5, 5.41) is 11.6. The summed E-state index contributed by atoms with van der Waals surface area (Å²) in [6.07, 6.45) is 3.60. The van der Waals surface area contributed by atoms with Crippen LogP contribution in [0.25, 0.3) is 0 Å². The van der Waals surface area contributed by atoms with Crippen LogP contribution in [-0.2, 0) is 5.60 Å². The highest BCUT2D eigenvalue weighted by Gasteiger charge is 2.35. The predicted octanol–water partition coefficient (Wildman–Crippen LogP) is 4.52. The first-order valence-electron chi connectivity index (χ1n) is 4.90. The second-order valence-corrected chi connectivity index (χ2v) is 5.66. The fourth-order valence-electron chi connectivity index (χ4n) is 2.12. The molecule has 1 saturated carbocycles. The van der Waals surface area contributed by atoms with Crippen LogP contribution in [0.4, 0.5) is 0 Å². The Kier molecular flexibility index (Phi) is 3.32. The number of rotatable bonds is 1. The lowest BCUT2D eigenvalue weighted by molar-refractivity contribution is 0.0445. The monoisotopic (exact) mass is 308 g/mol. The number of benzene rings is 1. The first kappa shape index (κ1) is 11.7. The summed E-state index contributed by atoms with van der Waals surface area (Å²) in [6.45, 7) is 0. The van der Waals surface area contributed by atoms with E-state index in [0.717, 1.165) is 35.7 Å². The van der Waals surface area contributed by atoms with E-state index < -0.39 is 5.60 Å². The molecule has 0 bridgehead atoms. The van der Waals surface area contributed by atoms with E-state index in [4.69, 9.17) is 23.2 Å². The Balaban J connectivity index is 2.51. The van der Waals surface area contributed by atoms with Gasteiger partial charge in [0, 0.05) is 15.1 Å². The van der Waals surface area contributed by atoms with Gasteiger partial charge in [-0.2, -0.15) is 0 Å². The van der Waals surface area contributed by atoms with E-state index in [1.807, 2.05) is 0 Å². The normalized spacial score (nSPS) is 19.5. The number of hydrogen-bond acceptors (Lipinski definition) is 1. The zero-order valence-corrected chi connectivity index (χ0v) is 11.2. The van der Waals surface area contributed by atoms with Crippen molar-refractivity contribution in [3.05, 3.63) is 32.2 Å². The van der Waals surface area contributed by atoms with Gasteiger partial charge in [0.1, 0.15) is 0 Å². The molecule has 0 spiro atoms. The Labute approximate surface area is 108 Å². The zero-order valence-electron chi connectivity index (χ0n) is 8.06. The van der Waals surface area contributed by atoms with E-state index in [1.54, 1.807) is 12.1 Å². The molecule has 0 heterocycles. The van der Waals surface area contributed by atoms with Crippen molar-refractivity contribution in [2.45, 2.75) is 31.3 Å². The van der Waals surface area contributed by atoms with Gasteiger partial charge < -0.3 is 5.11 Å². The highest BCUT2D eigenvalue weighted by molar-refractivity contribution is 9.10. The van der Waals surface area contributed by atoms with Gasteiger partial charge in [0.25, 0.3) is 0 Å². The first-order chi connectivity index (χ1) is 7.03. The SMILES string of the molecule is OC1(c2cc(Cl)cc(Br)c2Cl)CCCC1. The van der Waals surface area contributed by atoms with Gasteiger partial charge in [0.05, 0.1) is 10.6 Å². The molecule has 1 nitrogen and oxygen atoms in total. The molecule has 1 aromatic carbocycles. The maximum Gasteiger partial charge on any atom is 0.0911 e. The second-order valence-electron chi connectivity index (χ2n) is 3.99. The molecule has 0 unspecified atom stereocenters. The Bertz CT molecular complexity index is 386. The summed E-state index contributed by atoms with van der Waals surface area (Å²) in [5.41, 5.74) is -0.0362. The molecule has 4 heteroatoms. The van der Waals surface area contributed by atoms with Crippen molar-refractivity contribution in [1.29, 1.82) is 0 Å². The van der Waals surface area contributed by atoms with Gasteiger partial charge in [0.15, 0.2) is 0 Å². The molecule has 82 valence electrons. The van der Waals surface area contributed by atoms with Crippen LogP contribution in [0.1, 0.15) is 31.2 Å². The third-order valence-corrected chi connectivity index (χ3v) is 4.40. The molecule has 0 aromatic heterocycles. The number of halogens is 3. The standard InChI is InChI=1S/C11H11BrCl2O/c12-9-6-7(13)5-8(10(9)14)11(15)3-1-2-4-11/h5-6,15H,1-4H2. The van der Waals surface area contributed by atoms with Gasteiger partial charge in [0.2, 0.25) is 0 Å². The third-order valence-electron chi connectivity index (χ3n) is 2.93. The minimum absolute atomic E-state index is 0.573. The van der Waals surface area contributed by atoms with Gasteiger partial charge in [-0.3, -0.25) is 0 Å². The summed E-state index contributed by atoms with van der Waals surface area (Å²) < 4.78 is 0.743. The minimum Gasteiger partial charge on any atom is -0.385 e. The van der Waals surface area contributed by atoms with Crippen LogP contribution in [0.3, 0.4) is 0 Å². The fraction of sp³-hybridized carbons (Fsp3) is 0.455. The average Bonchev–Trinajstić information content (AvgIpc) is 2.59. The van der Waals surface area contributed by atoms with Crippen molar-refractivity contribution >= 4 is 39.1 Å². The maximum absolute atomic E-state index is 10.4. The largest absolute Gasteiger partial charge is 0.385 e. The van der Waals surface area contributed by atoms with Gasteiger partial charge in [-0.1, -0.05) is 36.0 Å². The average molecular weight is 310 g/mol. The predicted molar refractivity (Wildman–Crippen MR) is 66.5 cm³/mol. The van der Waals surface area contributed by atoms with Gasteiger partial charge >= 0.3 is 0 Å². The van der Waals surface area contributed by atoms with E-state index in [9.17, 15) is 5.11 Å². The summed E-state index contributed by atoms with van der Waals surface area (Å²) in [6, 6.07) is 3.51. The molecule has 1 aliphatic carbocycles. The topological polar surface area (TPSA) is 20.2 Å². The van der Waals surface area contributed by atoms with Crippen molar-refractivity contribution < 1.29 is 5.11 Å². The van der Waals surface area contributed by atoms with Crippen LogP contribution in [0.2, 0.25) is 10.0 Å². The minimum atomic E-state index is -0.787. The quantitative estimate of drug-likeness (QED) is 0.756. The molecule has 0 radical (unpaired) electrons. The van der Waals surface area contributed by atoms with Crippen LogP contribution in [-0.4, -0.2) is 5.11 Å². The number of aliphatic hydroxyl groups is 1. The lowest BCUT2D eigenvalue weighted by Gasteiger charge is -2.24. The lowest BCUT2D eigenvalue weighted by atomic mass is 9.92. The molecule has 0 amide bonds. The summed E-state index contributed by atoms with van der Waals surface area (Å²) >= 11 is 15.5. The molecular weight excluding hydrogens is 299 g/mol. The third kappa shape index (κ3) is 2.19. The van der Waals surface area contributed by atoms with Crippen LogP contribution in [0.5, 0.6) is 0 Å². The molecule has 1 N–H and O–H groups in total. The molecule has 0 atom stereocenters. The van der Waals surface area contributed by atoms with Crippen molar-refractivity contribution in [2.24, 2.45) is 0 Å². The Morgan fingerprint density at radius 3 is 2.40 bits per heavy atom. The highest BCUT2D eigenvalue weighted by atomic mass is 79.9. The van der Waals surface area contributed by atoms with Gasteiger partial charge in [-0.15, -0.1) is 0 Å². The molecule has 1 fully saturated rings. The molecule has 0 saturated heterocycles. The van der Waals surface area contributed by atoms with Crippen molar-refractivity contribution in [2.75, 3.05) is 0 Å². The zero-order chi connectivity index (χ0) is 11.1. The summed E-state index contributed by atoms with van der Waals surface area (Å²) in [5.74, 6) is 0. The molecule has 0 aliphatic heterocycles. The van der Waals surface area contributed by atoms with Crippen LogP contribution in [0.15, 0.2) is 16.6 Å². The maximum atomic E-state index is 10.4. The molecule has 15 heavy (non-hydrogen) atoms. The van der Waals surface area contributed by atoms with Gasteiger partial charge in [-0.05, 0) is 40.9 Å². The Morgan fingerprint density at radius 2 is 1.80 bits per heavy atom. The Morgan fingerprint density at radius 1 is 1.20 bits per heavy atom. The van der Waals surface area contributed by atoms with E-state index >= 15 is 0 Å².